The van der Waals surface area contributed by atoms with E-state index in [-0.39, 0.29) is 38.8 Å². The molecule has 2 aliphatic heterocycles. The molecule has 0 saturated carbocycles. The van der Waals surface area contributed by atoms with Crippen molar-refractivity contribution in [1.29, 1.82) is 0 Å². The molecule has 10 heteroatoms. The zero-order valence-corrected chi connectivity index (χ0v) is 16.0. The van der Waals surface area contributed by atoms with Gasteiger partial charge < -0.3 is 25.0 Å². The van der Waals surface area contributed by atoms with Crippen LogP contribution in [0.25, 0.3) is 0 Å². The summed E-state index contributed by atoms with van der Waals surface area (Å²) in [6, 6.07) is 8.69. The van der Waals surface area contributed by atoms with Crippen LogP contribution in [0.1, 0.15) is 0 Å². The lowest BCUT2D eigenvalue weighted by atomic mass is 10.1. The first kappa shape index (κ1) is 20.6. The van der Waals surface area contributed by atoms with Gasteiger partial charge in [-0.05, 0) is 12.1 Å². The molecule has 3 rings (SSSR count). The summed E-state index contributed by atoms with van der Waals surface area (Å²) < 4.78 is 11.0. The first-order valence-corrected chi connectivity index (χ1v) is 9.44. The Morgan fingerprint density at radius 2 is 2.03 bits per heavy atom. The van der Waals surface area contributed by atoms with E-state index in [4.69, 9.17) is 9.47 Å². The molecule has 2 saturated heterocycles. The van der Waals surface area contributed by atoms with Crippen LogP contribution in [0.4, 0.5) is 4.79 Å². The van der Waals surface area contributed by atoms with E-state index in [9.17, 15) is 19.2 Å². The first-order valence-electron chi connectivity index (χ1n) is 9.44. The third kappa shape index (κ3) is 5.67. The Hall–Kier alpha value is -3.14. The second kappa shape index (κ2) is 9.87. The molecular formula is C19H24N4O6. The lowest BCUT2D eigenvalue weighted by Crippen LogP contribution is -2.47. The van der Waals surface area contributed by atoms with Crippen molar-refractivity contribution in [2.24, 2.45) is 5.92 Å². The monoisotopic (exact) mass is 404 g/mol. The van der Waals surface area contributed by atoms with E-state index in [1.165, 1.54) is 4.90 Å². The minimum atomic E-state index is -0.581. The van der Waals surface area contributed by atoms with Crippen molar-refractivity contribution in [1.82, 2.24) is 20.4 Å². The zero-order chi connectivity index (χ0) is 20.6. The normalized spacial score (nSPS) is 19.5. The number of carbonyl (C=O) groups excluding carboxylic acids is 4. The highest BCUT2D eigenvalue weighted by Crippen LogP contribution is 2.10. The van der Waals surface area contributed by atoms with E-state index in [2.05, 4.69) is 10.6 Å². The van der Waals surface area contributed by atoms with Crippen molar-refractivity contribution >= 4 is 23.8 Å². The van der Waals surface area contributed by atoms with Crippen LogP contribution in [0.3, 0.4) is 0 Å². The van der Waals surface area contributed by atoms with Gasteiger partial charge in [-0.1, -0.05) is 18.2 Å². The number of para-hydroxylation sites is 1. The summed E-state index contributed by atoms with van der Waals surface area (Å²) >= 11 is 0. The molecule has 2 fully saturated rings. The second-order valence-corrected chi connectivity index (χ2v) is 6.70. The summed E-state index contributed by atoms with van der Waals surface area (Å²) in [5, 5.41) is 5.16. The molecule has 2 aliphatic rings. The quantitative estimate of drug-likeness (QED) is 0.454. The average Bonchev–Trinajstić information content (AvgIpc) is 2.92. The molecule has 2 heterocycles. The summed E-state index contributed by atoms with van der Waals surface area (Å²) in [6.45, 7) is 1.12. The number of ether oxygens (including phenoxy) is 2. The van der Waals surface area contributed by atoms with E-state index in [1.807, 2.05) is 30.3 Å². The van der Waals surface area contributed by atoms with Crippen LogP contribution in [0.5, 0.6) is 5.75 Å². The number of benzene rings is 1. The summed E-state index contributed by atoms with van der Waals surface area (Å²) in [7, 11) is 0. The molecule has 0 bridgehead atoms. The maximum atomic E-state index is 12.5. The van der Waals surface area contributed by atoms with Crippen LogP contribution < -0.4 is 15.4 Å². The van der Waals surface area contributed by atoms with Crippen molar-refractivity contribution in [3.63, 3.8) is 0 Å². The fourth-order valence-electron chi connectivity index (χ4n) is 3.05. The maximum Gasteiger partial charge on any atom is 0.325 e. The van der Waals surface area contributed by atoms with Crippen molar-refractivity contribution in [2.45, 2.75) is 0 Å². The Labute approximate surface area is 168 Å². The molecule has 29 heavy (non-hydrogen) atoms. The second-order valence-electron chi connectivity index (χ2n) is 6.70. The molecule has 156 valence electrons. The average molecular weight is 404 g/mol. The number of amides is 5. The number of rotatable bonds is 7. The third-order valence-corrected chi connectivity index (χ3v) is 4.63. The van der Waals surface area contributed by atoms with Gasteiger partial charge in [-0.3, -0.25) is 19.3 Å². The van der Waals surface area contributed by atoms with E-state index in [1.54, 1.807) is 0 Å². The van der Waals surface area contributed by atoms with Crippen LogP contribution in [-0.4, -0.2) is 86.1 Å². The van der Waals surface area contributed by atoms with Gasteiger partial charge in [0.1, 0.15) is 18.9 Å². The Morgan fingerprint density at radius 1 is 1.24 bits per heavy atom. The summed E-state index contributed by atoms with van der Waals surface area (Å²) in [6.07, 6.45) is 0. The van der Waals surface area contributed by atoms with Gasteiger partial charge in [0.25, 0.3) is 5.91 Å². The molecule has 0 spiro atoms. The Bertz CT molecular complexity index is 740. The van der Waals surface area contributed by atoms with Gasteiger partial charge in [-0.25, -0.2) is 4.79 Å². The van der Waals surface area contributed by atoms with Crippen LogP contribution in [0, 0.1) is 5.92 Å². The lowest BCUT2D eigenvalue weighted by Gasteiger charge is -2.24. The van der Waals surface area contributed by atoms with Crippen molar-refractivity contribution in [2.75, 3.05) is 52.5 Å². The zero-order valence-electron chi connectivity index (χ0n) is 16.0. The summed E-state index contributed by atoms with van der Waals surface area (Å²) in [5.74, 6) is -0.900. The molecule has 10 nitrogen and oxygen atoms in total. The predicted molar refractivity (Wildman–Crippen MR) is 101 cm³/mol. The molecule has 1 unspecified atom stereocenters. The molecular weight excluding hydrogens is 380 g/mol. The Morgan fingerprint density at radius 3 is 2.76 bits per heavy atom. The highest BCUT2D eigenvalue weighted by Gasteiger charge is 2.33. The van der Waals surface area contributed by atoms with Gasteiger partial charge in [0, 0.05) is 13.1 Å². The van der Waals surface area contributed by atoms with Gasteiger partial charge >= 0.3 is 6.03 Å². The van der Waals surface area contributed by atoms with Crippen LogP contribution >= 0.6 is 0 Å². The Kier molecular flexibility index (Phi) is 7.01. The number of carbonyl (C=O) groups is 4. The minimum Gasteiger partial charge on any atom is -0.492 e. The smallest absolute Gasteiger partial charge is 0.325 e. The minimum absolute atomic E-state index is 0.106. The number of urea groups is 1. The molecule has 0 aliphatic carbocycles. The highest BCUT2D eigenvalue weighted by molar-refractivity contribution is 6.04. The number of nitrogens with zero attached hydrogens (tertiary/aromatic N) is 2. The molecule has 5 amide bonds. The van der Waals surface area contributed by atoms with Crippen LogP contribution in [0.2, 0.25) is 0 Å². The van der Waals surface area contributed by atoms with E-state index >= 15 is 0 Å². The first-order chi connectivity index (χ1) is 14.0. The van der Waals surface area contributed by atoms with E-state index in [0.717, 1.165) is 10.6 Å². The summed E-state index contributed by atoms with van der Waals surface area (Å²) in [5.41, 5.74) is 0. The number of hydrogen-bond donors (Lipinski definition) is 2. The van der Waals surface area contributed by atoms with Crippen molar-refractivity contribution < 1.29 is 28.7 Å². The fourth-order valence-corrected chi connectivity index (χ4v) is 3.05. The fraction of sp³-hybridized carbons (Fsp3) is 0.474. The molecule has 1 atom stereocenters. The highest BCUT2D eigenvalue weighted by atomic mass is 16.5. The summed E-state index contributed by atoms with van der Waals surface area (Å²) in [4.78, 5) is 50.6. The number of imide groups is 1. The van der Waals surface area contributed by atoms with Gasteiger partial charge in [-0.2, -0.15) is 0 Å². The van der Waals surface area contributed by atoms with E-state index < -0.39 is 23.8 Å². The molecule has 0 radical (unpaired) electrons. The van der Waals surface area contributed by atoms with Gasteiger partial charge in [0.15, 0.2) is 0 Å². The van der Waals surface area contributed by atoms with Crippen molar-refractivity contribution in [3.05, 3.63) is 30.3 Å². The maximum absolute atomic E-state index is 12.5. The van der Waals surface area contributed by atoms with Crippen LogP contribution in [0.15, 0.2) is 30.3 Å². The Balaban J connectivity index is 1.46. The number of nitrogens with one attached hydrogen (secondary N) is 2. The van der Waals surface area contributed by atoms with Gasteiger partial charge in [0.05, 0.1) is 32.2 Å². The van der Waals surface area contributed by atoms with Crippen LogP contribution in [-0.2, 0) is 19.1 Å². The van der Waals surface area contributed by atoms with Crippen molar-refractivity contribution in [3.8, 4) is 5.75 Å². The predicted octanol–water partition coefficient (Wildman–Crippen LogP) is -0.792. The molecule has 1 aromatic rings. The SMILES string of the molecule is O=C(NCCOc1ccccc1)C1COCCN(C(=O)CN2C(=O)CNC2=O)C1. The van der Waals surface area contributed by atoms with Gasteiger partial charge in [-0.15, -0.1) is 0 Å². The standard InChI is InChI=1S/C19H24N4O6/c24-16-10-21-19(27)23(16)12-17(25)22-7-9-28-13-14(11-22)18(26)20-6-8-29-15-4-2-1-3-5-15/h1-5,14H,6-13H2,(H,20,26)(H,21,27). The molecule has 2 N–H and O–H groups in total. The van der Waals surface area contributed by atoms with E-state index in [0.29, 0.717) is 19.7 Å². The largest absolute Gasteiger partial charge is 0.492 e. The third-order valence-electron chi connectivity index (χ3n) is 4.63. The topological polar surface area (TPSA) is 117 Å². The van der Waals surface area contributed by atoms with Gasteiger partial charge in [0.2, 0.25) is 11.8 Å². The lowest BCUT2D eigenvalue weighted by molar-refractivity contribution is -0.137. The number of hydrogen-bond acceptors (Lipinski definition) is 6. The molecule has 0 aromatic heterocycles. The molecule has 1 aromatic carbocycles.